The molecule has 4 heteroatoms. The highest BCUT2D eigenvalue weighted by Gasteiger charge is 2.06. The van der Waals surface area contributed by atoms with Crippen LogP contribution in [0.5, 0.6) is 5.75 Å². The first-order chi connectivity index (χ1) is 11.8. The summed E-state index contributed by atoms with van der Waals surface area (Å²) in [6, 6.07) is 16.7. The molecule has 0 bridgehead atoms. The van der Waals surface area contributed by atoms with Crippen LogP contribution in [0, 0.1) is 0 Å². The van der Waals surface area contributed by atoms with Gasteiger partial charge in [-0.15, -0.1) is 0 Å². The van der Waals surface area contributed by atoms with Gasteiger partial charge in [-0.2, -0.15) is 0 Å². The van der Waals surface area contributed by atoms with Gasteiger partial charge in [0.05, 0.1) is 12.8 Å². The molecular weight excluding hydrogens is 298 g/mol. The minimum Gasteiger partial charge on any atom is -0.497 e. The molecule has 2 heterocycles. The highest BCUT2D eigenvalue weighted by atomic mass is 16.5. The summed E-state index contributed by atoms with van der Waals surface area (Å²) in [5, 5.41) is 3.50. The molecule has 0 amide bonds. The SMILES string of the molecule is COc1ccnc(CN[C@H](C)c2ccc(-c3ccncc3)cc2)c1. The second kappa shape index (κ2) is 7.70. The number of hydrogen-bond donors (Lipinski definition) is 1. The minimum absolute atomic E-state index is 0.240. The van der Waals surface area contributed by atoms with Crippen LogP contribution in [0.25, 0.3) is 11.1 Å². The Balaban J connectivity index is 1.63. The van der Waals surface area contributed by atoms with Crippen molar-refractivity contribution < 1.29 is 4.74 Å². The minimum atomic E-state index is 0.240. The van der Waals surface area contributed by atoms with Crippen LogP contribution in [0.2, 0.25) is 0 Å². The van der Waals surface area contributed by atoms with Gasteiger partial charge in [0.2, 0.25) is 0 Å². The maximum absolute atomic E-state index is 5.23. The summed E-state index contributed by atoms with van der Waals surface area (Å²) in [4.78, 5) is 8.42. The van der Waals surface area contributed by atoms with Crippen molar-refractivity contribution in [3.8, 4) is 16.9 Å². The maximum Gasteiger partial charge on any atom is 0.122 e. The van der Waals surface area contributed by atoms with Crippen LogP contribution in [0.4, 0.5) is 0 Å². The Morgan fingerprint density at radius 3 is 2.38 bits per heavy atom. The van der Waals surface area contributed by atoms with Gasteiger partial charge in [-0.3, -0.25) is 9.97 Å². The molecular formula is C20H21N3O. The number of rotatable bonds is 6. The van der Waals surface area contributed by atoms with Crippen LogP contribution in [-0.4, -0.2) is 17.1 Å². The zero-order valence-electron chi connectivity index (χ0n) is 13.9. The first-order valence-electron chi connectivity index (χ1n) is 7.99. The fraction of sp³-hybridized carbons (Fsp3) is 0.200. The maximum atomic E-state index is 5.23. The molecule has 0 saturated carbocycles. The average molecular weight is 319 g/mol. The van der Waals surface area contributed by atoms with Crippen molar-refractivity contribution in [2.24, 2.45) is 0 Å². The van der Waals surface area contributed by atoms with Gasteiger partial charge in [0, 0.05) is 37.2 Å². The first kappa shape index (κ1) is 16.1. The van der Waals surface area contributed by atoms with Gasteiger partial charge >= 0.3 is 0 Å². The molecule has 4 nitrogen and oxygen atoms in total. The molecule has 1 N–H and O–H groups in total. The summed E-state index contributed by atoms with van der Waals surface area (Å²) < 4.78 is 5.23. The third kappa shape index (κ3) is 3.97. The van der Waals surface area contributed by atoms with Crippen molar-refractivity contribution in [3.05, 3.63) is 78.4 Å². The zero-order chi connectivity index (χ0) is 16.8. The number of pyridine rings is 2. The predicted molar refractivity (Wildman–Crippen MR) is 95.7 cm³/mol. The molecule has 3 rings (SSSR count). The molecule has 2 aromatic heterocycles. The summed E-state index contributed by atoms with van der Waals surface area (Å²) >= 11 is 0. The van der Waals surface area contributed by atoms with Crippen LogP contribution >= 0.6 is 0 Å². The molecule has 0 fully saturated rings. The summed E-state index contributed by atoms with van der Waals surface area (Å²) in [5.74, 6) is 0.830. The lowest BCUT2D eigenvalue weighted by Gasteiger charge is -2.15. The standard InChI is InChI=1S/C20H21N3O/c1-15(23-14-19-13-20(24-2)9-12-22-19)16-3-5-17(6-4-16)18-7-10-21-11-8-18/h3-13,15,23H,14H2,1-2H3/t15-/m1/s1. The van der Waals surface area contributed by atoms with Gasteiger partial charge in [-0.25, -0.2) is 0 Å². The second-order valence-electron chi connectivity index (χ2n) is 5.65. The molecule has 0 saturated heterocycles. The van der Waals surface area contributed by atoms with Crippen LogP contribution in [0.15, 0.2) is 67.1 Å². The fourth-order valence-corrected chi connectivity index (χ4v) is 2.56. The smallest absolute Gasteiger partial charge is 0.122 e. The van der Waals surface area contributed by atoms with Crippen molar-refractivity contribution in [3.63, 3.8) is 0 Å². The quantitative estimate of drug-likeness (QED) is 0.746. The Kier molecular flexibility index (Phi) is 5.18. The lowest BCUT2D eigenvalue weighted by Crippen LogP contribution is -2.18. The number of ether oxygens (including phenoxy) is 1. The van der Waals surface area contributed by atoms with Gasteiger partial charge in [-0.05, 0) is 41.8 Å². The van der Waals surface area contributed by atoms with E-state index in [1.165, 1.54) is 16.7 Å². The molecule has 0 aliphatic rings. The third-order valence-electron chi connectivity index (χ3n) is 4.04. The van der Waals surface area contributed by atoms with Crippen LogP contribution in [0.3, 0.4) is 0 Å². The highest BCUT2D eigenvalue weighted by molar-refractivity contribution is 5.62. The van der Waals surface area contributed by atoms with E-state index in [0.29, 0.717) is 6.54 Å². The molecule has 0 aliphatic carbocycles. The molecule has 1 atom stereocenters. The normalized spacial score (nSPS) is 11.9. The monoisotopic (exact) mass is 319 g/mol. The second-order valence-corrected chi connectivity index (χ2v) is 5.65. The number of benzene rings is 1. The highest BCUT2D eigenvalue weighted by Crippen LogP contribution is 2.21. The predicted octanol–water partition coefficient (Wildman–Crippen LogP) is 4.00. The van der Waals surface area contributed by atoms with Gasteiger partial charge < -0.3 is 10.1 Å². The molecule has 122 valence electrons. The summed E-state index contributed by atoms with van der Waals surface area (Å²) in [6.45, 7) is 2.85. The van der Waals surface area contributed by atoms with Gasteiger partial charge in [-0.1, -0.05) is 24.3 Å². The average Bonchev–Trinajstić information content (AvgIpc) is 2.67. The largest absolute Gasteiger partial charge is 0.497 e. The lowest BCUT2D eigenvalue weighted by atomic mass is 10.0. The molecule has 0 spiro atoms. The first-order valence-corrected chi connectivity index (χ1v) is 7.99. The van der Waals surface area contributed by atoms with E-state index < -0.39 is 0 Å². The molecule has 24 heavy (non-hydrogen) atoms. The van der Waals surface area contributed by atoms with Crippen LogP contribution in [-0.2, 0) is 6.54 Å². The van der Waals surface area contributed by atoms with E-state index in [4.69, 9.17) is 4.74 Å². The molecule has 1 aromatic carbocycles. The van der Waals surface area contributed by atoms with Gasteiger partial charge in [0.15, 0.2) is 0 Å². The molecule has 0 aliphatic heterocycles. The Morgan fingerprint density at radius 1 is 0.958 bits per heavy atom. The molecule has 3 aromatic rings. The van der Waals surface area contributed by atoms with E-state index in [-0.39, 0.29) is 6.04 Å². The van der Waals surface area contributed by atoms with Crippen LogP contribution < -0.4 is 10.1 Å². The Labute approximate surface area is 142 Å². The topological polar surface area (TPSA) is 47.0 Å². The Bertz CT molecular complexity index is 772. The van der Waals surface area contributed by atoms with Crippen LogP contribution in [0.1, 0.15) is 24.2 Å². The molecule has 0 unspecified atom stereocenters. The summed E-state index contributed by atoms with van der Waals surface area (Å²) in [6.07, 6.45) is 5.40. The van der Waals surface area contributed by atoms with E-state index in [2.05, 4.69) is 46.5 Å². The Hall–Kier alpha value is -2.72. The zero-order valence-corrected chi connectivity index (χ0v) is 13.9. The van der Waals surface area contributed by atoms with Gasteiger partial charge in [0.1, 0.15) is 5.75 Å². The number of methoxy groups -OCH3 is 1. The van der Waals surface area contributed by atoms with Crippen molar-refractivity contribution in [2.45, 2.75) is 19.5 Å². The van der Waals surface area contributed by atoms with E-state index in [9.17, 15) is 0 Å². The number of nitrogens with zero attached hydrogens (tertiary/aromatic N) is 2. The van der Waals surface area contributed by atoms with Crippen molar-refractivity contribution in [1.29, 1.82) is 0 Å². The van der Waals surface area contributed by atoms with E-state index >= 15 is 0 Å². The third-order valence-corrected chi connectivity index (χ3v) is 4.04. The number of hydrogen-bond acceptors (Lipinski definition) is 4. The lowest BCUT2D eigenvalue weighted by molar-refractivity contribution is 0.413. The van der Waals surface area contributed by atoms with Crippen molar-refractivity contribution in [2.75, 3.05) is 7.11 Å². The van der Waals surface area contributed by atoms with Crippen molar-refractivity contribution in [1.82, 2.24) is 15.3 Å². The number of aromatic nitrogens is 2. The van der Waals surface area contributed by atoms with E-state index in [1.54, 1.807) is 13.3 Å². The number of nitrogens with one attached hydrogen (secondary N) is 1. The van der Waals surface area contributed by atoms with E-state index in [0.717, 1.165) is 11.4 Å². The summed E-state index contributed by atoms with van der Waals surface area (Å²) in [5.41, 5.74) is 4.59. The van der Waals surface area contributed by atoms with Crippen molar-refractivity contribution >= 4 is 0 Å². The summed E-state index contributed by atoms with van der Waals surface area (Å²) in [7, 11) is 1.67. The molecule has 0 radical (unpaired) electrons. The Morgan fingerprint density at radius 2 is 1.67 bits per heavy atom. The van der Waals surface area contributed by atoms with Gasteiger partial charge in [0.25, 0.3) is 0 Å². The van der Waals surface area contributed by atoms with E-state index in [1.807, 2.05) is 36.7 Å². The fourth-order valence-electron chi connectivity index (χ4n) is 2.56.